The van der Waals surface area contributed by atoms with Crippen molar-refractivity contribution in [1.82, 2.24) is 10.6 Å². The number of alkyl carbamates (subject to hydrolysis) is 1. The second-order valence-electron chi connectivity index (χ2n) is 8.80. The Labute approximate surface area is 182 Å². The zero-order valence-corrected chi connectivity index (χ0v) is 17.8. The van der Waals surface area contributed by atoms with Crippen LogP contribution in [0.15, 0.2) is 24.3 Å². The molecule has 0 aromatic heterocycles. The van der Waals surface area contributed by atoms with Gasteiger partial charge in [0.15, 0.2) is 6.61 Å². The smallest absolute Gasteiger partial charge is 0.407 e. The van der Waals surface area contributed by atoms with Crippen molar-refractivity contribution >= 4 is 12.1 Å². The molecule has 0 unspecified atom stereocenters. The molecule has 2 aliphatic heterocycles. The molecule has 1 amide bonds. The summed E-state index contributed by atoms with van der Waals surface area (Å²) in [5, 5.41) is 15.5. The summed E-state index contributed by atoms with van der Waals surface area (Å²) in [4.78, 5) is 22.7. The maximum atomic E-state index is 11.8. The molecule has 1 saturated carbocycles. The molecule has 4 rings (SSSR count). The standard InChI is InChI=1S/C23H32N2O6/c26-21(27)15-31-19-5-2-1-4-18(19)16-6-8-17(9-7-16)30-14-20-23(10-3-12-24-20)11-13-29-22(28)25-23/h1-2,4-5,16-17,20,24H,3,6-15H2,(H,25,28)(H,26,27)/t16?,17?,20-,23+/m0/s1. The monoisotopic (exact) mass is 432 g/mol. The highest BCUT2D eigenvalue weighted by atomic mass is 16.6. The Balaban J connectivity index is 1.30. The summed E-state index contributed by atoms with van der Waals surface area (Å²) in [6.45, 7) is 1.64. The largest absolute Gasteiger partial charge is 0.482 e. The molecule has 2 atom stereocenters. The van der Waals surface area contributed by atoms with Crippen LogP contribution in [-0.4, -0.2) is 61.2 Å². The van der Waals surface area contributed by atoms with Gasteiger partial charge in [-0.15, -0.1) is 0 Å². The Morgan fingerprint density at radius 2 is 2.00 bits per heavy atom. The number of carboxylic acids is 1. The van der Waals surface area contributed by atoms with E-state index in [1.54, 1.807) is 0 Å². The first-order valence-corrected chi connectivity index (χ1v) is 11.3. The predicted octanol–water partition coefficient (Wildman–Crippen LogP) is 2.81. The van der Waals surface area contributed by atoms with Crippen molar-refractivity contribution in [3.8, 4) is 5.75 Å². The minimum Gasteiger partial charge on any atom is -0.482 e. The molecule has 3 fully saturated rings. The maximum Gasteiger partial charge on any atom is 0.407 e. The molecule has 3 N–H and O–H groups in total. The van der Waals surface area contributed by atoms with Gasteiger partial charge in [-0.3, -0.25) is 0 Å². The van der Waals surface area contributed by atoms with E-state index in [-0.39, 0.29) is 30.4 Å². The van der Waals surface area contributed by atoms with Crippen molar-refractivity contribution < 1.29 is 28.9 Å². The summed E-state index contributed by atoms with van der Waals surface area (Å²) in [5.74, 6) is 0.0402. The van der Waals surface area contributed by atoms with E-state index in [9.17, 15) is 9.59 Å². The summed E-state index contributed by atoms with van der Waals surface area (Å²) in [5.41, 5.74) is 0.811. The van der Waals surface area contributed by atoms with Crippen molar-refractivity contribution in [3.05, 3.63) is 29.8 Å². The second-order valence-corrected chi connectivity index (χ2v) is 8.80. The average molecular weight is 433 g/mol. The van der Waals surface area contributed by atoms with Crippen LogP contribution in [0, 0.1) is 0 Å². The summed E-state index contributed by atoms with van der Waals surface area (Å²) in [6, 6.07) is 7.82. The number of benzene rings is 1. The normalized spacial score (nSPS) is 31.0. The van der Waals surface area contributed by atoms with Crippen molar-refractivity contribution in [1.29, 1.82) is 0 Å². The van der Waals surface area contributed by atoms with Crippen LogP contribution in [0.2, 0.25) is 0 Å². The number of nitrogens with one attached hydrogen (secondary N) is 2. The van der Waals surface area contributed by atoms with Crippen LogP contribution in [0.25, 0.3) is 0 Å². The van der Waals surface area contributed by atoms with E-state index in [4.69, 9.17) is 19.3 Å². The summed E-state index contributed by atoms with van der Waals surface area (Å²) < 4.78 is 16.9. The fraction of sp³-hybridized carbons (Fsp3) is 0.652. The minimum atomic E-state index is -0.971. The van der Waals surface area contributed by atoms with Crippen LogP contribution < -0.4 is 15.4 Å². The van der Waals surface area contributed by atoms with Gasteiger partial charge < -0.3 is 30.0 Å². The summed E-state index contributed by atoms with van der Waals surface area (Å²) >= 11 is 0. The third-order valence-corrected chi connectivity index (χ3v) is 6.87. The number of hydrogen-bond donors (Lipinski definition) is 3. The fourth-order valence-corrected chi connectivity index (χ4v) is 5.21. The molecule has 3 aliphatic rings. The molecule has 31 heavy (non-hydrogen) atoms. The first kappa shape index (κ1) is 21.9. The van der Waals surface area contributed by atoms with Crippen molar-refractivity contribution in [2.75, 3.05) is 26.4 Å². The molecular formula is C23H32N2O6. The lowest BCUT2D eigenvalue weighted by Crippen LogP contribution is -2.68. The van der Waals surface area contributed by atoms with Crippen LogP contribution >= 0.6 is 0 Å². The molecule has 1 spiro atoms. The first-order chi connectivity index (χ1) is 15.1. The number of carbonyl (C=O) groups excluding carboxylic acids is 1. The zero-order chi connectivity index (χ0) is 21.7. The van der Waals surface area contributed by atoms with Gasteiger partial charge in [0.2, 0.25) is 0 Å². The molecule has 0 bridgehead atoms. The van der Waals surface area contributed by atoms with Gasteiger partial charge in [0.05, 0.1) is 30.9 Å². The Hall–Kier alpha value is -2.32. The summed E-state index contributed by atoms with van der Waals surface area (Å²) in [7, 11) is 0. The number of rotatable bonds is 7. The van der Waals surface area contributed by atoms with E-state index in [2.05, 4.69) is 10.6 Å². The zero-order valence-electron chi connectivity index (χ0n) is 17.8. The second kappa shape index (κ2) is 9.87. The van der Waals surface area contributed by atoms with Crippen molar-refractivity contribution in [3.63, 3.8) is 0 Å². The lowest BCUT2D eigenvalue weighted by molar-refractivity contribution is -0.139. The molecule has 2 heterocycles. The molecule has 0 radical (unpaired) electrons. The van der Waals surface area contributed by atoms with Gasteiger partial charge in [-0.25, -0.2) is 9.59 Å². The fourth-order valence-electron chi connectivity index (χ4n) is 5.21. The first-order valence-electron chi connectivity index (χ1n) is 11.3. The molecule has 170 valence electrons. The number of ether oxygens (including phenoxy) is 3. The van der Waals surface area contributed by atoms with Gasteiger partial charge in [-0.1, -0.05) is 18.2 Å². The lowest BCUT2D eigenvalue weighted by atomic mass is 9.79. The predicted molar refractivity (Wildman–Crippen MR) is 113 cm³/mol. The van der Waals surface area contributed by atoms with Gasteiger partial charge in [-0.05, 0) is 62.6 Å². The van der Waals surface area contributed by atoms with E-state index in [1.807, 2.05) is 24.3 Å². The van der Waals surface area contributed by atoms with E-state index >= 15 is 0 Å². The highest BCUT2D eigenvalue weighted by Gasteiger charge is 2.45. The highest BCUT2D eigenvalue weighted by Crippen LogP contribution is 2.38. The number of para-hydroxylation sites is 1. The minimum absolute atomic E-state index is 0.0944. The summed E-state index contributed by atoms with van der Waals surface area (Å²) in [6.07, 6.45) is 6.51. The Morgan fingerprint density at radius 1 is 1.19 bits per heavy atom. The lowest BCUT2D eigenvalue weighted by Gasteiger charge is -2.47. The number of cyclic esters (lactones) is 1. The van der Waals surface area contributed by atoms with Crippen molar-refractivity contribution in [2.45, 2.75) is 68.5 Å². The Bertz CT molecular complexity index is 775. The third kappa shape index (κ3) is 5.30. The molecule has 8 heteroatoms. The van der Waals surface area contributed by atoms with Gasteiger partial charge in [0.25, 0.3) is 0 Å². The van der Waals surface area contributed by atoms with Crippen LogP contribution in [-0.2, 0) is 14.3 Å². The molecule has 1 aromatic rings. The van der Waals surface area contributed by atoms with Gasteiger partial charge in [0.1, 0.15) is 5.75 Å². The average Bonchev–Trinajstić information content (AvgIpc) is 2.78. The van der Waals surface area contributed by atoms with Crippen molar-refractivity contribution in [2.24, 2.45) is 0 Å². The Morgan fingerprint density at radius 3 is 2.77 bits per heavy atom. The number of carbonyl (C=O) groups is 2. The SMILES string of the molecule is O=C(O)COc1ccccc1C1CCC(OC[C@@H]2NCCC[C@@]23CCOC(=O)N3)CC1. The van der Waals surface area contributed by atoms with Crippen LogP contribution in [0.1, 0.15) is 56.4 Å². The van der Waals surface area contributed by atoms with E-state index in [0.717, 1.165) is 57.1 Å². The Kier molecular flexibility index (Phi) is 6.97. The molecule has 1 aromatic carbocycles. The molecule has 1 aliphatic carbocycles. The molecular weight excluding hydrogens is 400 g/mol. The van der Waals surface area contributed by atoms with Gasteiger partial charge >= 0.3 is 12.1 Å². The maximum absolute atomic E-state index is 11.8. The van der Waals surface area contributed by atoms with Crippen LogP contribution in [0.3, 0.4) is 0 Å². The quantitative estimate of drug-likeness (QED) is 0.608. The topological polar surface area (TPSA) is 106 Å². The van der Waals surface area contributed by atoms with Gasteiger partial charge in [0, 0.05) is 6.42 Å². The van der Waals surface area contributed by atoms with E-state index in [0.29, 0.717) is 24.9 Å². The number of aliphatic carboxylic acids is 1. The highest BCUT2D eigenvalue weighted by molar-refractivity contribution is 5.69. The number of hydrogen-bond acceptors (Lipinski definition) is 6. The van der Waals surface area contributed by atoms with E-state index in [1.165, 1.54) is 0 Å². The molecule has 2 saturated heterocycles. The van der Waals surface area contributed by atoms with Crippen LogP contribution in [0.5, 0.6) is 5.75 Å². The van der Waals surface area contributed by atoms with Gasteiger partial charge in [-0.2, -0.15) is 0 Å². The van der Waals surface area contributed by atoms with Crippen LogP contribution in [0.4, 0.5) is 4.79 Å². The third-order valence-electron chi connectivity index (χ3n) is 6.87. The number of amides is 1. The molecule has 8 nitrogen and oxygen atoms in total. The number of piperidine rings is 1. The van der Waals surface area contributed by atoms with E-state index < -0.39 is 5.97 Å². The number of carboxylic acid groups (broad SMARTS) is 1.